The summed E-state index contributed by atoms with van der Waals surface area (Å²) in [6.07, 6.45) is 0.742. The lowest BCUT2D eigenvalue weighted by Crippen LogP contribution is -2.41. The van der Waals surface area contributed by atoms with E-state index in [1.807, 2.05) is 56.3 Å². The minimum Gasteiger partial charge on any atom is -0.469 e. The Balaban J connectivity index is 1.74. The van der Waals surface area contributed by atoms with Crippen LogP contribution in [-0.4, -0.2) is 25.0 Å². The molecule has 2 N–H and O–H groups in total. The smallest absolute Gasteiger partial charge is 0.307 e. The zero-order valence-electron chi connectivity index (χ0n) is 15.3. The van der Waals surface area contributed by atoms with E-state index in [0.29, 0.717) is 6.42 Å². The Labute approximate surface area is 153 Å². The van der Waals surface area contributed by atoms with Crippen LogP contribution in [0, 0.1) is 13.8 Å². The predicted octanol–water partition coefficient (Wildman–Crippen LogP) is 3.06. The first kappa shape index (κ1) is 18.0. The highest BCUT2D eigenvalue weighted by Crippen LogP contribution is 2.29. The van der Waals surface area contributed by atoms with Crippen molar-refractivity contribution < 1.29 is 14.3 Å². The number of amides is 1. The second kappa shape index (κ2) is 7.60. The van der Waals surface area contributed by atoms with E-state index in [-0.39, 0.29) is 24.3 Å². The van der Waals surface area contributed by atoms with Crippen LogP contribution in [0.4, 0.5) is 5.69 Å². The number of anilines is 1. The van der Waals surface area contributed by atoms with Gasteiger partial charge in [-0.1, -0.05) is 48.0 Å². The summed E-state index contributed by atoms with van der Waals surface area (Å²) in [6, 6.07) is 13.1. The molecule has 136 valence electrons. The molecule has 0 radical (unpaired) electrons. The molecule has 26 heavy (non-hydrogen) atoms. The van der Waals surface area contributed by atoms with Crippen molar-refractivity contribution in [1.82, 2.24) is 5.32 Å². The summed E-state index contributed by atoms with van der Waals surface area (Å²) in [6.45, 7) is 4.03. The summed E-state index contributed by atoms with van der Waals surface area (Å²) in [4.78, 5) is 24.6. The van der Waals surface area contributed by atoms with E-state index in [1.165, 1.54) is 7.11 Å². The van der Waals surface area contributed by atoms with Crippen LogP contribution in [-0.2, 0) is 20.7 Å². The Morgan fingerprint density at radius 3 is 2.58 bits per heavy atom. The Morgan fingerprint density at radius 2 is 1.92 bits per heavy atom. The molecule has 0 saturated heterocycles. The van der Waals surface area contributed by atoms with Gasteiger partial charge in [-0.3, -0.25) is 9.59 Å². The van der Waals surface area contributed by atoms with Crippen LogP contribution >= 0.6 is 0 Å². The summed E-state index contributed by atoms with van der Waals surface area (Å²) in [5.41, 5.74) is 5.32. The summed E-state index contributed by atoms with van der Waals surface area (Å²) in [7, 11) is 1.36. The van der Waals surface area contributed by atoms with Crippen molar-refractivity contribution in [3.8, 4) is 0 Å². The van der Waals surface area contributed by atoms with Crippen LogP contribution in [0.5, 0.6) is 0 Å². The highest BCUT2D eigenvalue weighted by Gasteiger charge is 2.29. The molecule has 5 nitrogen and oxygen atoms in total. The molecule has 0 saturated carbocycles. The summed E-state index contributed by atoms with van der Waals surface area (Å²) in [5, 5.41) is 6.32. The van der Waals surface area contributed by atoms with Crippen molar-refractivity contribution >= 4 is 17.6 Å². The molecule has 1 aliphatic rings. The highest BCUT2D eigenvalue weighted by atomic mass is 16.5. The maximum Gasteiger partial charge on any atom is 0.307 e. The first-order valence-electron chi connectivity index (χ1n) is 8.76. The molecule has 1 amide bonds. The van der Waals surface area contributed by atoms with E-state index >= 15 is 0 Å². The lowest BCUT2D eigenvalue weighted by Gasteiger charge is -2.21. The molecule has 5 heteroatoms. The quantitative estimate of drug-likeness (QED) is 0.812. The fourth-order valence-corrected chi connectivity index (χ4v) is 3.28. The van der Waals surface area contributed by atoms with E-state index in [4.69, 9.17) is 4.74 Å². The zero-order chi connectivity index (χ0) is 18.7. The van der Waals surface area contributed by atoms with Crippen LogP contribution in [0.25, 0.3) is 0 Å². The average molecular weight is 352 g/mol. The van der Waals surface area contributed by atoms with Crippen LogP contribution < -0.4 is 10.6 Å². The number of methoxy groups -OCH3 is 1. The topological polar surface area (TPSA) is 67.4 Å². The van der Waals surface area contributed by atoms with Gasteiger partial charge in [0.15, 0.2) is 0 Å². The third kappa shape index (κ3) is 3.87. The number of benzene rings is 2. The summed E-state index contributed by atoms with van der Waals surface area (Å²) >= 11 is 0. The van der Waals surface area contributed by atoms with Gasteiger partial charge in [0.25, 0.3) is 0 Å². The van der Waals surface area contributed by atoms with Crippen molar-refractivity contribution in [2.45, 2.75) is 38.8 Å². The molecule has 2 aromatic rings. The van der Waals surface area contributed by atoms with Crippen molar-refractivity contribution in [1.29, 1.82) is 0 Å². The molecule has 1 heterocycles. The molecule has 0 aromatic heterocycles. The molecule has 1 aliphatic heterocycles. The molecule has 2 atom stereocenters. The number of hydrogen-bond acceptors (Lipinski definition) is 4. The lowest BCUT2D eigenvalue weighted by atomic mass is 10.0. The second-order valence-corrected chi connectivity index (χ2v) is 6.76. The van der Waals surface area contributed by atoms with E-state index in [9.17, 15) is 9.59 Å². The molecular formula is C21H24N2O3. The van der Waals surface area contributed by atoms with Crippen molar-refractivity contribution in [2.24, 2.45) is 0 Å². The monoisotopic (exact) mass is 352 g/mol. The predicted molar refractivity (Wildman–Crippen MR) is 101 cm³/mol. The Hall–Kier alpha value is -2.82. The van der Waals surface area contributed by atoms with Crippen LogP contribution in [0.2, 0.25) is 0 Å². The first-order valence-corrected chi connectivity index (χ1v) is 8.76. The Kier molecular flexibility index (Phi) is 5.26. The largest absolute Gasteiger partial charge is 0.469 e. The van der Waals surface area contributed by atoms with Crippen molar-refractivity contribution in [3.63, 3.8) is 0 Å². The third-order valence-corrected chi connectivity index (χ3v) is 4.81. The number of fused-ring (bicyclic) bond motifs is 1. The number of para-hydroxylation sites is 1. The van der Waals surface area contributed by atoms with Gasteiger partial charge in [0.05, 0.1) is 19.6 Å². The van der Waals surface area contributed by atoms with Gasteiger partial charge < -0.3 is 15.4 Å². The second-order valence-electron chi connectivity index (χ2n) is 6.76. The number of carbonyl (C=O) groups excluding carboxylic acids is 2. The normalized spacial score (nSPS) is 16.3. The third-order valence-electron chi connectivity index (χ3n) is 4.81. The van der Waals surface area contributed by atoms with Gasteiger partial charge >= 0.3 is 5.97 Å². The van der Waals surface area contributed by atoms with Gasteiger partial charge in [-0.15, -0.1) is 0 Å². The standard InChI is InChI=1S/C21H24N2O3/c1-13-7-9-15(10-8-13)17(12-19(24)26-3)23-21(25)18-11-16-6-4-5-14(2)20(16)22-18/h4-10,17-18,22H,11-12H2,1-3H3,(H,23,25). The maximum absolute atomic E-state index is 12.8. The number of hydrogen-bond donors (Lipinski definition) is 2. The van der Waals surface area contributed by atoms with Gasteiger partial charge in [0.2, 0.25) is 5.91 Å². The van der Waals surface area contributed by atoms with Gasteiger partial charge in [0, 0.05) is 12.1 Å². The number of carbonyl (C=O) groups is 2. The van der Waals surface area contributed by atoms with Crippen LogP contribution in [0.15, 0.2) is 42.5 Å². The van der Waals surface area contributed by atoms with E-state index in [2.05, 4.69) is 10.6 Å². The Morgan fingerprint density at radius 1 is 1.19 bits per heavy atom. The molecule has 2 aromatic carbocycles. The Bertz CT molecular complexity index is 815. The molecule has 0 fully saturated rings. The van der Waals surface area contributed by atoms with Gasteiger partial charge in [-0.2, -0.15) is 0 Å². The maximum atomic E-state index is 12.8. The first-order chi connectivity index (χ1) is 12.5. The van der Waals surface area contributed by atoms with Crippen molar-refractivity contribution in [3.05, 3.63) is 64.7 Å². The van der Waals surface area contributed by atoms with E-state index in [0.717, 1.165) is 27.9 Å². The molecule has 0 spiro atoms. The van der Waals surface area contributed by atoms with Gasteiger partial charge in [-0.25, -0.2) is 0 Å². The van der Waals surface area contributed by atoms with Gasteiger partial charge in [0.1, 0.15) is 6.04 Å². The average Bonchev–Trinajstić information content (AvgIpc) is 3.07. The minimum absolute atomic E-state index is 0.101. The molecule has 0 bridgehead atoms. The fourth-order valence-electron chi connectivity index (χ4n) is 3.28. The SMILES string of the molecule is COC(=O)CC(NC(=O)C1Cc2cccc(C)c2N1)c1ccc(C)cc1. The van der Waals surface area contributed by atoms with Gasteiger partial charge in [-0.05, 0) is 30.5 Å². The zero-order valence-corrected chi connectivity index (χ0v) is 15.3. The molecule has 3 rings (SSSR count). The summed E-state index contributed by atoms with van der Waals surface area (Å²) < 4.78 is 4.79. The molecule has 2 unspecified atom stereocenters. The van der Waals surface area contributed by atoms with E-state index < -0.39 is 6.04 Å². The van der Waals surface area contributed by atoms with Crippen LogP contribution in [0.3, 0.4) is 0 Å². The number of esters is 1. The highest BCUT2D eigenvalue weighted by molar-refractivity contribution is 5.88. The molecule has 0 aliphatic carbocycles. The lowest BCUT2D eigenvalue weighted by molar-refractivity contribution is -0.141. The fraction of sp³-hybridized carbons (Fsp3) is 0.333. The minimum atomic E-state index is -0.415. The van der Waals surface area contributed by atoms with Crippen LogP contribution in [0.1, 0.15) is 34.7 Å². The summed E-state index contributed by atoms with van der Waals surface area (Å²) in [5.74, 6) is -0.468. The number of rotatable bonds is 5. The van der Waals surface area contributed by atoms with Crippen molar-refractivity contribution in [2.75, 3.05) is 12.4 Å². The molecular weight excluding hydrogens is 328 g/mol. The van der Waals surface area contributed by atoms with E-state index in [1.54, 1.807) is 0 Å². The number of ether oxygens (including phenoxy) is 1. The number of aryl methyl sites for hydroxylation is 2. The number of nitrogens with one attached hydrogen (secondary N) is 2.